The predicted molar refractivity (Wildman–Crippen MR) is 340 cm³/mol. The van der Waals surface area contributed by atoms with E-state index in [1.807, 2.05) is 77.9 Å². The molecule has 0 radical (unpaired) electrons. The molecule has 6 heterocycles. The quantitative estimate of drug-likeness (QED) is 0.0271. The largest absolute Gasteiger partial charge is 0.464 e. The molecular formula is C62H80F2N12O14P2. The second-order valence-corrected chi connectivity index (χ2v) is 28.8. The van der Waals surface area contributed by atoms with Crippen LogP contribution in [0.1, 0.15) is 93.3 Å². The molecule has 0 aliphatic carbocycles. The number of imidazole rings is 2. The van der Waals surface area contributed by atoms with E-state index in [0.29, 0.717) is 56.4 Å². The Labute approximate surface area is 531 Å². The van der Waals surface area contributed by atoms with Crippen molar-refractivity contribution in [2.45, 2.75) is 143 Å². The number of aryl methyl sites for hydroxylation is 2. The zero-order valence-electron chi connectivity index (χ0n) is 53.7. The molecule has 0 unspecified atom stereocenters. The van der Waals surface area contributed by atoms with Crippen molar-refractivity contribution in [3.05, 3.63) is 109 Å². The molecule has 0 saturated carbocycles. The van der Waals surface area contributed by atoms with Crippen molar-refractivity contribution in [3.63, 3.8) is 0 Å². The van der Waals surface area contributed by atoms with Gasteiger partial charge in [0.25, 0.3) is 0 Å². The Kier molecular flexibility index (Phi) is 20.5. The summed E-state index contributed by atoms with van der Waals surface area (Å²) in [4.78, 5) is 51.7. The molecule has 26 nitrogen and oxygen atoms in total. The first-order valence-corrected chi connectivity index (χ1v) is 32.9. The first-order chi connectivity index (χ1) is 43.2. The van der Waals surface area contributed by atoms with Crippen molar-refractivity contribution in [1.29, 1.82) is 0 Å². The molecule has 2 saturated heterocycles. The molecule has 4 aromatic heterocycles. The maximum absolute atomic E-state index is 16.2. The van der Waals surface area contributed by atoms with Gasteiger partial charge in [0.2, 0.25) is 0 Å². The fraction of sp³-hybridized carbons (Fsp3) is 0.484. The smallest absolute Gasteiger partial charge is 0.459 e. The molecule has 2 fully saturated rings. The minimum Gasteiger partial charge on any atom is -0.464 e. The van der Waals surface area contributed by atoms with Gasteiger partial charge >= 0.3 is 27.4 Å². The lowest BCUT2D eigenvalue weighted by Crippen LogP contribution is -2.41. The fourth-order valence-electron chi connectivity index (χ4n) is 10.2. The summed E-state index contributed by atoms with van der Waals surface area (Å²) in [6.45, 7) is 19.3. The number of halogens is 2. The zero-order valence-corrected chi connectivity index (χ0v) is 55.5. The summed E-state index contributed by atoms with van der Waals surface area (Å²) in [5, 5.41) is 36.3. The van der Waals surface area contributed by atoms with Crippen molar-refractivity contribution in [1.82, 2.24) is 49.2 Å². The minimum absolute atomic E-state index is 0.134. The standard InChI is InChI=1S/2C31H40FN6O7P/c2*1-18(28(40)42-16-30(3,4)5)37-46(41,45-22-14-10-12-20-11-8-9-13-21(20)22)43-15-23-25(39)31(6,32)29(44-23)38-17-34-24-26(33-7)35-19(2)36-27(24)38/h2*8-14,17-18,23,25,29,39H,15-16H2,1-7H3,(H,37,41)(H,33,35,36)/t18-,23+,25+,29+,31+,46-;18-,23-,25-,29-,31-,46+/m01/s1. The van der Waals surface area contributed by atoms with Crippen molar-refractivity contribution in [2.24, 2.45) is 10.8 Å². The fourth-order valence-corrected chi connectivity index (χ4v) is 13.2. The van der Waals surface area contributed by atoms with Gasteiger partial charge in [0.15, 0.2) is 57.8 Å². The highest BCUT2D eigenvalue weighted by Gasteiger charge is 2.57. The van der Waals surface area contributed by atoms with E-state index in [9.17, 15) is 28.9 Å². The first kappa shape index (κ1) is 69.0. The molecule has 496 valence electrons. The van der Waals surface area contributed by atoms with Gasteiger partial charge < -0.3 is 48.8 Å². The number of anilines is 2. The van der Waals surface area contributed by atoms with E-state index in [1.54, 1.807) is 76.5 Å². The Morgan fingerprint density at radius 2 is 0.967 bits per heavy atom. The molecule has 8 aromatic rings. The summed E-state index contributed by atoms with van der Waals surface area (Å²) in [7, 11) is -5.42. The average Bonchev–Trinajstić information content (AvgIpc) is 1.62. The highest BCUT2D eigenvalue weighted by molar-refractivity contribution is 7.52. The lowest BCUT2D eigenvalue weighted by Gasteiger charge is -2.26. The van der Waals surface area contributed by atoms with Crippen LogP contribution < -0.4 is 29.9 Å². The maximum atomic E-state index is 16.2. The molecule has 0 bridgehead atoms. The summed E-state index contributed by atoms with van der Waals surface area (Å²) in [6.07, 6.45) is -6.01. The van der Waals surface area contributed by atoms with Gasteiger partial charge in [-0.1, -0.05) is 114 Å². The van der Waals surface area contributed by atoms with Crippen LogP contribution in [0.3, 0.4) is 0 Å². The molecular weight excluding hydrogens is 1240 g/mol. The van der Waals surface area contributed by atoms with Gasteiger partial charge in [-0.05, 0) is 75.3 Å². The topological polar surface area (TPSA) is 318 Å². The molecule has 0 amide bonds. The number of carbonyl (C=O) groups is 2. The van der Waals surface area contributed by atoms with E-state index in [-0.39, 0.29) is 35.5 Å². The predicted octanol–water partition coefficient (Wildman–Crippen LogP) is 10.2. The molecule has 2 aliphatic rings. The molecule has 12 atom stereocenters. The van der Waals surface area contributed by atoms with Crippen molar-refractivity contribution >= 4 is 82.9 Å². The van der Waals surface area contributed by atoms with Gasteiger partial charge in [0.1, 0.15) is 59.6 Å². The Hall–Kier alpha value is -7.36. The van der Waals surface area contributed by atoms with Crippen LogP contribution in [0.15, 0.2) is 97.6 Å². The van der Waals surface area contributed by atoms with E-state index in [0.717, 1.165) is 10.8 Å². The molecule has 92 heavy (non-hydrogen) atoms. The average molecular weight is 1320 g/mol. The number of carbonyl (C=O) groups excluding carboxylic acids is 2. The molecule has 30 heteroatoms. The van der Waals surface area contributed by atoms with Gasteiger partial charge in [-0.15, -0.1) is 0 Å². The summed E-state index contributed by atoms with van der Waals surface area (Å²) in [5.41, 5.74) is -3.86. The molecule has 2 aliphatic heterocycles. The van der Waals surface area contributed by atoms with Gasteiger partial charge in [0, 0.05) is 24.9 Å². The number of aliphatic hydroxyl groups is 2. The van der Waals surface area contributed by atoms with E-state index in [2.05, 4.69) is 50.7 Å². The number of nitrogens with one attached hydrogen (secondary N) is 4. The summed E-state index contributed by atoms with van der Waals surface area (Å²) in [6, 6.07) is 22.8. The van der Waals surface area contributed by atoms with Gasteiger partial charge in [-0.25, -0.2) is 47.8 Å². The first-order valence-electron chi connectivity index (χ1n) is 29.8. The number of hydrogen-bond acceptors (Lipinski definition) is 22. The number of aromatic nitrogens is 8. The number of aliphatic hydroxyl groups excluding tert-OH is 2. The Bertz CT molecular complexity index is 3800. The molecule has 4 aromatic carbocycles. The van der Waals surface area contributed by atoms with Crippen LogP contribution in [0.5, 0.6) is 11.5 Å². The SMILES string of the molecule is CNc1nc(C)nc2c1ncn2[C@@H]1O[C@H](CO[P@@](=O)(N[C@@H](C)C(=O)OCC(C)(C)C)Oc2cccc3ccccc23)[C@@H](O)[C@@]1(C)F.CNc1nc(C)nc2c1ncn2[C@@H]1O[C@H](CO[P@@](=O)(N[C@H](C)C(=O)OCC(C)(C)C)Oc2cccc3ccccc23)[C@@H](O)[C@@]1(C)F. The lowest BCUT2D eigenvalue weighted by atomic mass is 9.98. The monoisotopic (exact) mass is 1320 g/mol. The van der Waals surface area contributed by atoms with Crippen molar-refractivity contribution in [2.75, 3.05) is 51.2 Å². The van der Waals surface area contributed by atoms with Gasteiger partial charge in [-0.3, -0.25) is 27.8 Å². The number of hydrogen-bond donors (Lipinski definition) is 6. The van der Waals surface area contributed by atoms with E-state index in [1.165, 1.54) is 49.5 Å². The lowest BCUT2D eigenvalue weighted by molar-refractivity contribution is -0.148. The Morgan fingerprint density at radius 1 is 0.609 bits per heavy atom. The van der Waals surface area contributed by atoms with E-state index >= 15 is 8.78 Å². The van der Waals surface area contributed by atoms with Gasteiger partial charge in [-0.2, -0.15) is 10.2 Å². The van der Waals surface area contributed by atoms with Crippen LogP contribution >= 0.6 is 15.5 Å². The third-order valence-electron chi connectivity index (χ3n) is 14.9. The highest BCUT2D eigenvalue weighted by Crippen LogP contribution is 2.51. The third kappa shape index (κ3) is 15.5. The van der Waals surface area contributed by atoms with Crippen LogP contribution in [-0.4, -0.2) is 150 Å². The van der Waals surface area contributed by atoms with Gasteiger partial charge in [0.05, 0.1) is 39.1 Å². The summed E-state index contributed by atoms with van der Waals surface area (Å²) >= 11 is 0. The normalized spacial score (nSPS) is 23.7. The van der Waals surface area contributed by atoms with E-state index < -0.39 is 101 Å². The number of rotatable bonds is 22. The molecule has 6 N–H and O–H groups in total. The second-order valence-electron chi connectivity index (χ2n) is 25.4. The number of nitrogens with zero attached hydrogens (tertiary/aromatic N) is 8. The van der Waals surface area contributed by atoms with Crippen molar-refractivity contribution in [3.8, 4) is 11.5 Å². The van der Waals surface area contributed by atoms with E-state index in [4.69, 9.17) is 37.0 Å². The third-order valence-corrected chi connectivity index (χ3v) is 18.2. The van der Waals surface area contributed by atoms with Crippen LogP contribution in [0.4, 0.5) is 20.4 Å². The highest BCUT2D eigenvalue weighted by atomic mass is 31.2. The number of ether oxygens (including phenoxy) is 4. The second kappa shape index (κ2) is 27.3. The Balaban J connectivity index is 0.000000217. The molecule has 10 rings (SSSR count). The van der Waals surface area contributed by atoms with Crippen LogP contribution in [0.2, 0.25) is 0 Å². The van der Waals surface area contributed by atoms with Crippen LogP contribution in [0.25, 0.3) is 43.9 Å². The van der Waals surface area contributed by atoms with Crippen LogP contribution in [-0.2, 0) is 46.7 Å². The number of fused-ring (bicyclic) bond motifs is 4. The summed E-state index contributed by atoms with van der Waals surface area (Å²) in [5.74, 6) is 0.866. The van der Waals surface area contributed by atoms with Crippen LogP contribution in [0, 0.1) is 24.7 Å². The number of alkyl halides is 2. The maximum Gasteiger partial charge on any atom is 0.459 e. The summed E-state index contributed by atoms with van der Waals surface area (Å²) < 4.78 is 110. The number of esters is 2. The van der Waals surface area contributed by atoms with Crippen molar-refractivity contribution < 1.29 is 74.8 Å². The zero-order chi connectivity index (χ0) is 66.9. The molecule has 0 spiro atoms. The Morgan fingerprint density at radius 3 is 1.33 bits per heavy atom. The minimum atomic E-state index is -4.39. The number of benzene rings is 4.